The second kappa shape index (κ2) is 10.3. The van der Waals surface area contributed by atoms with Crippen LogP contribution in [0.25, 0.3) is 11.7 Å². The lowest BCUT2D eigenvalue weighted by Crippen LogP contribution is -2.38. The summed E-state index contributed by atoms with van der Waals surface area (Å²) in [5.74, 6) is -0.744. The molecular formula is C25H27N4O4S-. The van der Waals surface area contributed by atoms with Gasteiger partial charge in [-0.2, -0.15) is 0 Å². The first-order valence-corrected chi connectivity index (χ1v) is 12.3. The van der Waals surface area contributed by atoms with E-state index in [0.29, 0.717) is 30.5 Å². The minimum atomic E-state index is -1.39. The molecule has 8 nitrogen and oxygen atoms in total. The van der Waals surface area contributed by atoms with Crippen LogP contribution in [-0.2, 0) is 22.4 Å². The molecule has 1 atom stereocenters. The average molecular weight is 480 g/mol. The van der Waals surface area contributed by atoms with Crippen molar-refractivity contribution in [2.45, 2.75) is 45.4 Å². The molecule has 178 valence electrons. The number of aromatic nitrogens is 3. The molecule has 1 unspecified atom stereocenters. The number of carboxylic acids is 1. The average Bonchev–Trinajstić information content (AvgIpc) is 3.31. The number of aldehydes is 1. The number of hydrogen-bond donors (Lipinski definition) is 0. The largest absolute Gasteiger partial charge is 0.545 e. The van der Waals surface area contributed by atoms with Crippen LogP contribution in [0.5, 0.6) is 0 Å². The molecule has 1 aliphatic rings. The van der Waals surface area contributed by atoms with Crippen LogP contribution in [0.3, 0.4) is 0 Å². The van der Waals surface area contributed by atoms with Gasteiger partial charge in [-0.05, 0) is 55.0 Å². The van der Waals surface area contributed by atoms with Gasteiger partial charge in [0, 0.05) is 37.0 Å². The van der Waals surface area contributed by atoms with E-state index in [2.05, 4.69) is 24.2 Å². The molecule has 3 aromatic rings. The lowest BCUT2D eigenvalue weighted by atomic mass is 9.99. The van der Waals surface area contributed by atoms with Crippen molar-refractivity contribution in [1.82, 2.24) is 14.4 Å². The monoisotopic (exact) mass is 479 g/mol. The summed E-state index contributed by atoms with van der Waals surface area (Å²) in [5.41, 5.74) is 2.42. The number of rotatable bonds is 8. The van der Waals surface area contributed by atoms with E-state index >= 15 is 0 Å². The molecule has 0 spiro atoms. The summed E-state index contributed by atoms with van der Waals surface area (Å²) >= 11 is 1.66. The first-order valence-electron chi connectivity index (χ1n) is 11.4. The Balaban J connectivity index is 1.69. The summed E-state index contributed by atoms with van der Waals surface area (Å²) in [7, 11) is 0. The number of carboxylic acid groups (broad SMARTS) is 1. The van der Waals surface area contributed by atoms with Gasteiger partial charge in [-0.25, -0.2) is 9.97 Å². The van der Waals surface area contributed by atoms with Crippen molar-refractivity contribution in [3.05, 3.63) is 62.0 Å². The van der Waals surface area contributed by atoms with Crippen LogP contribution in [0.4, 0.5) is 5.82 Å². The van der Waals surface area contributed by atoms with Crippen LogP contribution in [-0.4, -0.2) is 39.7 Å². The SMILES string of the molecule is CC(C)c1csc(CCc2ccn3c(=O)c(/C=C/C(=O)[O-])c(N4CCCC(C=O)C4)nc3c2)n1. The van der Waals surface area contributed by atoms with Crippen LogP contribution in [0, 0.1) is 5.92 Å². The topological polar surface area (TPSA) is 108 Å². The number of aryl methyl sites for hydroxylation is 2. The first kappa shape index (κ1) is 23.8. The number of thiazole rings is 1. The zero-order valence-electron chi connectivity index (χ0n) is 19.3. The molecule has 0 N–H and O–H groups in total. The van der Waals surface area contributed by atoms with Crippen LogP contribution < -0.4 is 15.6 Å². The second-order valence-corrected chi connectivity index (χ2v) is 9.82. The number of aliphatic carboxylic acids is 1. The van der Waals surface area contributed by atoms with Crippen molar-refractivity contribution in [2.75, 3.05) is 18.0 Å². The molecule has 0 saturated carbocycles. The van der Waals surface area contributed by atoms with E-state index in [1.54, 1.807) is 17.5 Å². The third-order valence-corrected chi connectivity index (χ3v) is 6.96. The Bertz CT molecular complexity index is 1290. The van der Waals surface area contributed by atoms with Crippen LogP contribution in [0.2, 0.25) is 0 Å². The summed E-state index contributed by atoms with van der Waals surface area (Å²) in [6.07, 6.45) is 7.81. The molecule has 3 aromatic heterocycles. The van der Waals surface area contributed by atoms with Crippen molar-refractivity contribution in [1.29, 1.82) is 0 Å². The summed E-state index contributed by atoms with van der Waals surface area (Å²) in [4.78, 5) is 47.0. The van der Waals surface area contributed by atoms with E-state index in [9.17, 15) is 19.5 Å². The molecule has 0 bridgehead atoms. The Morgan fingerprint density at radius 1 is 1.32 bits per heavy atom. The van der Waals surface area contributed by atoms with Gasteiger partial charge in [0.2, 0.25) is 0 Å². The molecular weight excluding hydrogens is 452 g/mol. The Hall–Kier alpha value is -3.33. The maximum atomic E-state index is 13.3. The predicted octanol–water partition coefficient (Wildman–Crippen LogP) is 2.24. The van der Waals surface area contributed by atoms with Crippen LogP contribution in [0.15, 0.2) is 34.6 Å². The molecule has 34 heavy (non-hydrogen) atoms. The lowest BCUT2D eigenvalue weighted by Gasteiger charge is -2.32. The van der Waals surface area contributed by atoms with Gasteiger partial charge in [0.1, 0.15) is 17.8 Å². The number of carbonyl (C=O) groups is 2. The third kappa shape index (κ3) is 5.25. The van der Waals surface area contributed by atoms with Crippen molar-refractivity contribution < 1.29 is 14.7 Å². The summed E-state index contributed by atoms with van der Waals surface area (Å²) in [5, 5.41) is 14.2. The van der Waals surface area contributed by atoms with Gasteiger partial charge in [-0.15, -0.1) is 11.3 Å². The highest BCUT2D eigenvalue weighted by Crippen LogP contribution is 2.25. The lowest BCUT2D eigenvalue weighted by molar-refractivity contribution is -0.297. The highest BCUT2D eigenvalue weighted by molar-refractivity contribution is 7.09. The molecule has 0 radical (unpaired) electrons. The minimum absolute atomic E-state index is 0.146. The fraction of sp³-hybridized carbons (Fsp3) is 0.400. The smallest absolute Gasteiger partial charge is 0.267 e. The second-order valence-electron chi connectivity index (χ2n) is 8.88. The fourth-order valence-electron chi connectivity index (χ4n) is 4.15. The minimum Gasteiger partial charge on any atom is -0.545 e. The Kier molecular flexibility index (Phi) is 7.21. The summed E-state index contributed by atoms with van der Waals surface area (Å²) in [6, 6.07) is 3.76. The molecule has 0 aliphatic carbocycles. The fourth-order valence-corrected chi connectivity index (χ4v) is 5.11. The third-order valence-electron chi connectivity index (χ3n) is 6.03. The van der Waals surface area contributed by atoms with Gasteiger partial charge in [-0.3, -0.25) is 9.20 Å². The van der Waals surface area contributed by atoms with E-state index in [4.69, 9.17) is 4.98 Å². The maximum Gasteiger partial charge on any atom is 0.267 e. The van der Waals surface area contributed by atoms with E-state index in [0.717, 1.165) is 54.3 Å². The van der Waals surface area contributed by atoms with Crippen LogP contribution >= 0.6 is 11.3 Å². The number of nitrogens with zero attached hydrogens (tertiary/aromatic N) is 4. The van der Waals surface area contributed by atoms with Crippen molar-refractivity contribution in [3.63, 3.8) is 0 Å². The van der Waals surface area contributed by atoms with Crippen molar-refractivity contribution in [2.24, 2.45) is 5.92 Å². The Morgan fingerprint density at radius 2 is 2.15 bits per heavy atom. The quantitative estimate of drug-likeness (QED) is 0.360. The molecule has 0 amide bonds. The molecule has 9 heteroatoms. The molecule has 1 saturated heterocycles. The van der Waals surface area contributed by atoms with E-state index in [1.807, 2.05) is 17.0 Å². The first-order chi connectivity index (χ1) is 16.4. The van der Waals surface area contributed by atoms with Gasteiger partial charge in [0.05, 0.1) is 22.2 Å². The maximum absolute atomic E-state index is 13.3. The van der Waals surface area contributed by atoms with Crippen LogP contribution in [0.1, 0.15) is 54.4 Å². The Morgan fingerprint density at radius 3 is 2.85 bits per heavy atom. The molecule has 0 aromatic carbocycles. The zero-order chi connectivity index (χ0) is 24.2. The molecule has 1 aliphatic heterocycles. The standard InChI is InChI=1S/C25H28N4O4S/c1-16(2)20-15-34-22(26-20)7-5-17-9-11-29-21(12-17)27-24(19(25(29)33)6-8-23(31)32)28-10-3-4-18(13-28)14-30/h6,8-9,11-12,14-16,18H,3-5,7,10,13H2,1-2H3,(H,31,32)/p-1/b8-6+. The van der Waals surface area contributed by atoms with Crippen molar-refractivity contribution in [3.8, 4) is 0 Å². The van der Waals surface area contributed by atoms with E-state index < -0.39 is 5.97 Å². The molecule has 4 heterocycles. The molecule has 4 rings (SSSR count). The van der Waals surface area contributed by atoms with Crippen molar-refractivity contribution >= 4 is 41.1 Å². The number of fused-ring (bicyclic) bond motifs is 1. The highest BCUT2D eigenvalue weighted by Gasteiger charge is 2.24. The van der Waals surface area contributed by atoms with Gasteiger partial charge in [-0.1, -0.05) is 13.8 Å². The number of pyridine rings is 1. The van der Waals surface area contributed by atoms with E-state index in [1.165, 1.54) is 10.5 Å². The number of piperidine rings is 1. The van der Waals surface area contributed by atoms with Gasteiger partial charge < -0.3 is 19.6 Å². The molecule has 1 fully saturated rings. The number of anilines is 1. The van der Waals surface area contributed by atoms with E-state index in [-0.39, 0.29) is 17.0 Å². The summed E-state index contributed by atoms with van der Waals surface area (Å²) in [6.45, 7) is 5.33. The Labute approximate surface area is 201 Å². The van der Waals surface area contributed by atoms with Gasteiger partial charge >= 0.3 is 0 Å². The number of carbonyl (C=O) groups excluding carboxylic acids is 2. The predicted molar refractivity (Wildman–Crippen MR) is 130 cm³/mol. The van der Waals surface area contributed by atoms with Gasteiger partial charge in [0.15, 0.2) is 0 Å². The summed E-state index contributed by atoms with van der Waals surface area (Å²) < 4.78 is 1.42. The number of hydrogen-bond acceptors (Lipinski definition) is 8. The zero-order valence-corrected chi connectivity index (χ0v) is 20.1. The normalized spacial score (nSPS) is 16.6. The van der Waals surface area contributed by atoms with Gasteiger partial charge in [0.25, 0.3) is 5.56 Å². The highest BCUT2D eigenvalue weighted by atomic mass is 32.1.